The number of hydrogen-bond donors (Lipinski definition) is 3. The van der Waals surface area contributed by atoms with Gasteiger partial charge in [0.25, 0.3) is 5.91 Å². The summed E-state index contributed by atoms with van der Waals surface area (Å²) >= 11 is 0. The highest BCUT2D eigenvalue weighted by molar-refractivity contribution is 7.89. The molecule has 0 spiro atoms. The number of aliphatic imine (C=N–C) groups is 1. The van der Waals surface area contributed by atoms with E-state index in [0.29, 0.717) is 17.7 Å². The molecule has 1 aliphatic rings. The first kappa shape index (κ1) is 27.3. The van der Waals surface area contributed by atoms with Gasteiger partial charge in [-0.2, -0.15) is 18.2 Å². The summed E-state index contributed by atoms with van der Waals surface area (Å²) in [5.41, 5.74) is 4.42. The van der Waals surface area contributed by atoms with Crippen molar-refractivity contribution in [1.29, 1.82) is 0 Å². The molecule has 3 aromatic rings. The van der Waals surface area contributed by atoms with E-state index in [1.165, 1.54) is 18.2 Å². The summed E-state index contributed by atoms with van der Waals surface area (Å²) in [4.78, 5) is 16.3. The van der Waals surface area contributed by atoms with Crippen molar-refractivity contribution in [2.24, 2.45) is 10.7 Å². The second-order valence-corrected chi connectivity index (χ2v) is 10.9. The molecule has 4 N–H and O–H groups in total. The Hall–Kier alpha value is -3.74. The van der Waals surface area contributed by atoms with E-state index >= 15 is 0 Å². The van der Waals surface area contributed by atoms with Crippen LogP contribution in [0.25, 0.3) is 0 Å². The van der Waals surface area contributed by atoms with Crippen molar-refractivity contribution in [1.82, 2.24) is 4.72 Å². The molecule has 1 aliphatic heterocycles. The largest absolute Gasteiger partial charge is 0.485 e. The van der Waals surface area contributed by atoms with Gasteiger partial charge >= 0.3 is 6.18 Å². The average Bonchev–Trinajstić information content (AvgIpc) is 2.86. The first-order chi connectivity index (χ1) is 17.7. The SMILES string of the molecule is CC1(C)Oc2ccc(C(=O)N=C(N)c3ccccc3)cc2[C@@H](NS(=O)(=O)c2ccc(C(F)(F)F)cc2)[C@@H]1O. The quantitative estimate of drug-likeness (QED) is 0.329. The Balaban J connectivity index is 1.69. The number of benzene rings is 3. The Bertz CT molecular complexity index is 1490. The predicted octanol–water partition coefficient (Wildman–Crippen LogP) is 3.80. The number of hydrogen-bond acceptors (Lipinski definition) is 5. The number of carbonyl (C=O) groups is 1. The summed E-state index contributed by atoms with van der Waals surface area (Å²) in [6, 6.07) is 14.5. The monoisotopic (exact) mass is 547 g/mol. The summed E-state index contributed by atoms with van der Waals surface area (Å²) in [5.74, 6) is -0.528. The van der Waals surface area contributed by atoms with Gasteiger partial charge in [-0.05, 0) is 56.3 Å². The van der Waals surface area contributed by atoms with Gasteiger partial charge < -0.3 is 15.6 Å². The molecule has 2 atom stereocenters. The standard InChI is InChI=1S/C26H24F3N3O5S/c1-25(2)22(33)21(32-38(35,36)18-11-9-17(10-12-18)26(27,28)29)19-14-16(8-13-20(19)37-25)24(34)31-23(30)15-6-4-3-5-7-15/h3-14,21-22,32-33H,1-2H3,(H2,30,31,34)/t21-,22+/m1/s1. The first-order valence-corrected chi connectivity index (χ1v) is 12.8. The number of alkyl halides is 3. The molecule has 3 aromatic carbocycles. The minimum absolute atomic E-state index is 0.0229. The van der Waals surface area contributed by atoms with Crippen LogP contribution in [0.1, 0.15) is 46.9 Å². The fourth-order valence-corrected chi connectivity index (χ4v) is 5.19. The molecule has 0 unspecified atom stereocenters. The molecule has 0 bridgehead atoms. The zero-order valence-corrected chi connectivity index (χ0v) is 21.0. The fourth-order valence-electron chi connectivity index (χ4n) is 3.97. The Morgan fingerprint density at radius 2 is 1.66 bits per heavy atom. The average molecular weight is 548 g/mol. The highest BCUT2D eigenvalue weighted by Crippen LogP contribution is 2.41. The number of nitrogens with zero attached hydrogens (tertiary/aromatic N) is 1. The van der Waals surface area contributed by atoms with Crippen LogP contribution in [0.2, 0.25) is 0 Å². The van der Waals surface area contributed by atoms with E-state index in [0.717, 1.165) is 12.1 Å². The van der Waals surface area contributed by atoms with E-state index in [1.807, 2.05) is 0 Å². The lowest BCUT2D eigenvalue weighted by Crippen LogP contribution is -2.53. The number of halogens is 3. The Morgan fingerprint density at radius 3 is 2.26 bits per heavy atom. The number of rotatable bonds is 5. The number of ether oxygens (including phenoxy) is 1. The smallest absolute Gasteiger partial charge is 0.416 e. The zero-order chi connectivity index (χ0) is 27.9. The maximum absolute atomic E-state index is 13.1. The maximum Gasteiger partial charge on any atom is 0.416 e. The molecule has 12 heteroatoms. The summed E-state index contributed by atoms with van der Waals surface area (Å²) in [5, 5.41) is 11.0. The van der Waals surface area contributed by atoms with Gasteiger partial charge in [0.05, 0.1) is 16.5 Å². The van der Waals surface area contributed by atoms with Crippen molar-refractivity contribution in [2.45, 2.75) is 42.7 Å². The lowest BCUT2D eigenvalue weighted by atomic mass is 9.86. The second-order valence-electron chi connectivity index (χ2n) is 9.19. The van der Waals surface area contributed by atoms with Crippen molar-refractivity contribution in [3.05, 3.63) is 95.1 Å². The molecule has 38 heavy (non-hydrogen) atoms. The number of nitrogens with two attached hydrogens (primary N) is 1. The Labute approximate surface area is 217 Å². The molecule has 4 rings (SSSR count). The third kappa shape index (κ3) is 5.57. The van der Waals surface area contributed by atoms with Gasteiger partial charge in [0.15, 0.2) is 0 Å². The van der Waals surface area contributed by atoms with E-state index < -0.39 is 50.3 Å². The van der Waals surface area contributed by atoms with Gasteiger partial charge in [0.2, 0.25) is 10.0 Å². The summed E-state index contributed by atoms with van der Waals surface area (Å²) < 4.78 is 73.1. The van der Waals surface area contributed by atoms with Gasteiger partial charge in [-0.3, -0.25) is 4.79 Å². The van der Waals surface area contributed by atoms with Gasteiger partial charge in [0, 0.05) is 16.7 Å². The number of aliphatic hydroxyl groups excluding tert-OH is 1. The molecule has 8 nitrogen and oxygen atoms in total. The van der Waals surface area contributed by atoms with Gasteiger partial charge in [-0.25, -0.2) is 13.1 Å². The van der Waals surface area contributed by atoms with Crippen LogP contribution in [-0.4, -0.2) is 37.0 Å². The number of carbonyl (C=O) groups excluding carboxylic acids is 1. The maximum atomic E-state index is 13.1. The number of fused-ring (bicyclic) bond motifs is 1. The molecule has 0 fully saturated rings. The molecular formula is C26H24F3N3O5S. The van der Waals surface area contributed by atoms with Crippen molar-refractivity contribution in [2.75, 3.05) is 0 Å². The topological polar surface area (TPSA) is 131 Å². The van der Waals surface area contributed by atoms with Crippen LogP contribution in [0.4, 0.5) is 13.2 Å². The van der Waals surface area contributed by atoms with E-state index in [1.54, 1.807) is 44.2 Å². The predicted molar refractivity (Wildman–Crippen MR) is 133 cm³/mol. The highest BCUT2D eigenvalue weighted by Gasteiger charge is 2.45. The third-order valence-electron chi connectivity index (χ3n) is 6.06. The minimum Gasteiger partial charge on any atom is -0.485 e. The zero-order valence-electron chi connectivity index (χ0n) is 20.2. The van der Waals surface area contributed by atoms with E-state index in [2.05, 4.69) is 9.71 Å². The first-order valence-electron chi connectivity index (χ1n) is 11.3. The summed E-state index contributed by atoms with van der Waals surface area (Å²) in [7, 11) is -4.40. The highest BCUT2D eigenvalue weighted by atomic mass is 32.2. The summed E-state index contributed by atoms with van der Waals surface area (Å²) in [6.45, 7) is 3.09. The number of amides is 1. The number of aliphatic hydroxyl groups is 1. The van der Waals surface area contributed by atoms with Gasteiger partial charge in [0.1, 0.15) is 23.3 Å². The lowest BCUT2D eigenvalue weighted by Gasteiger charge is -2.42. The summed E-state index contributed by atoms with van der Waals surface area (Å²) in [6.07, 6.45) is -6.06. The van der Waals surface area contributed by atoms with E-state index in [9.17, 15) is 31.5 Å². The van der Waals surface area contributed by atoms with Crippen LogP contribution < -0.4 is 15.2 Å². The van der Waals surface area contributed by atoms with Crippen LogP contribution >= 0.6 is 0 Å². The molecule has 0 aliphatic carbocycles. The van der Waals surface area contributed by atoms with Crippen molar-refractivity contribution in [3.8, 4) is 5.75 Å². The number of sulfonamides is 1. The second kappa shape index (κ2) is 9.86. The fraction of sp³-hybridized carbons (Fsp3) is 0.231. The molecule has 0 saturated carbocycles. The van der Waals surface area contributed by atoms with E-state index in [-0.39, 0.29) is 22.7 Å². The normalized spacial score (nSPS) is 19.4. The van der Waals surface area contributed by atoms with Crippen LogP contribution in [0.3, 0.4) is 0 Å². The Kier molecular flexibility index (Phi) is 7.08. The van der Waals surface area contributed by atoms with Crippen LogP contribution in [-0.2, 0) is 16.2 Å². The molecule has 1 heterocycles. The third-order valence-corrected chi connectivity index (χ3v) is 7.52. The molecule has 200 valence electrons. The van der Waals surface area contributed by atoms with Crippen molar-refractivity contribution < 1.29 is 36.2 Å². The van der Waals surface area contributed by atoms with E-state index in [4.69, 9.17) is 10.5 Å². The number of nitrogens with one attached hydrogen (secondary N) is 1. The molecule has 1 amide bonds. The van der Waals surface area contributed by atoms with Gasteiger partial charge in [-0.15, -0.1) is 0 Å². The number of amidine groups is 1. The van der Waals surface area contributed by atoms with Crippen LogP contribution in [0, 0.1) is 0 Å². The van der Waals surface area contributed by atoms with Crippen LogP contribution in [0.5, 0.6) is 5.75 Å². The Morgan fingerprint density at radius 1 is 1.03 bits per heavy atom. The molecule has 0 aromatic heterocycles. The van der Waals surface area contributed by atoms with Crippen LogP contribution in [0.15, 0.2) is 82.7 Å². The van der Waals surface area contributed by atoms with Crippen molar-refractivity contribution in [3.63, 3.8) is 0 Å². The molecular weight excluding hydrogens is 523 g/mol. The molecule has 0 saturated heterocycles. The van der Waals surface area contributed by atoms with Gasteiger partial charge in [-0.1, -0.05) is 30.3 Å². The lowest BCUT2D eigenvalue weighted by molar-refractivity contribution is -0.137. The minimum atomic E-state index is -4.63. The molecule has 0 radical (unpaired) electrons. The van der Waals surface area contributed by atoms with Crippen molar-refractivity contribution >= 4 is 21.8 Å².